The van der Waals surface area contributed by atoms with Gasteiger partial charge < -0.3 is 5.32 Å². The summed E-state index contributed by atoms with van der Waals surface area (Å²) in [5.74, 6) is 1.05. The molecule has 0 spiro atoms. The molecule has 1 unspecified atom stereocenters. The maximum atomic E-state index is 3.77. The highest BCUT2D eigenvalue weighted by molar-refractivity contribution is 4.86. The molecule has 1 atom stereocenters. The van der Waals surface area contributed by atoms with Crippen molar-refractivity contribution >= 4 is 0 Å². The van der Waals surface area contributed by atoms with Crippen LogP contribution in [0.15, 0.2) is 12.7 Å². The van der Waals surface area contributed by atoms with E-state index in [0.717, 1.165) is 5.92 Å². The molecular weight excluding hydrogens is 122 g/mol. The van der Waals surface area contributed by atoms with Gasteiger partial charge >= 0.3 is 0 Å². The molecule has 0 heterocycles. The Labute approximate surface area is 63.5 Å². The van der Waals surface area contributed by atoms with Crippen molar-refractivity contribution in [1.82, 2.24) is 5.32 Å². The smallest absolute Gasteiger partial charge is 0.0244 e. The minimum atomic E-state index is 0.542. The lowest BCUT2D eigenvalue weighted by atomic mass is 10.1. The van der Waals surface area contributed by atoms with Crippen LogP contribution in [0.2, 0.25) is 0 Å². The summed E-state index contributed by atoms with van der Waals surface area (Å²) in [7, 11) is 2.00. The molecule has 0 bridgehead atoms. The molecule has 1 nitrogen and oxygen atoms in total. The summed E-state index contributed by atoms with van der Waals surface area (Å²) in [4.78, 5) is 0. The van der Waals surface area contributed by atoms with Crippen LogP contribution in [0, 0.1) is 5.92 Å². The molecule has 58 valence electrons. The van der Waals surface area contributed by atoms with Gasteiger partial charge in [-0.15, -0.1) is 6.58 Å². The van der Waals surface area contributed by atoms with E-state index >= 15 is 0 Å². The molecule has 1 rings (SSSR count). The van der Waals surface area contributed by atoms with E-state index in [9.17, 15) is 0 Å². The highest BCUT2D eigenvalue weighted by atomic mass is 14.9. The van der Waals surface area contributed by atoms with Crippen molar-refractivity contribution < 1.29 is 0 Å². The van der Waals surface area contributed by atoms with Gasteiger partial charge in [-0.3, -0.25) is 0 Å². The lowest BCUT2D eigenvalue weighted by Crippen LogP contribution is -2.22. The third-order valence-corrected chi connectivity index (χ3v) is 2.24. The highest BCUT2D eigenvalue weighted by Crippen LogP contribution is 2.33. The molecule has 1 aliphatic rings. The van der Waals surface area contributed by atoms with Crippen LogP contribution in [-0.2, 0) is 0 Å². The minimum absolute atomic E-state index is 0.542. The van der Waals surface area contributed by atoms with E-state index in [1.165, 1.54) is 25.7 Å². The Kier molecular flexibility index (Phi) is 2.94. The quantitative estimate of drug-likeness (QED) is 0.574. The molecule has 1 heteroatoms. The average Bonchev–Trinajstić information content (AvgIpc) is 2.74. The summed E-state index contributed by atoms with van der Waals surface area (Å²) in [6.45, 7) is 3.77. The van der Waals surface area contributed by atoms with Crippen molar-refractivity contribution in [2.45, 2.75) is 31.7 Å². The molecule has 0 aromatic heterocycles. The third-order valence-electron chi connectivity index (χ3n) is 2.24. The molecule has 1 saturated carbocycles. The summed E-state index contributed by atoms with van der Waals surface area (Å²) in [6.07, 6.45) is 7.59. The van der Waals surface area contributed by atoms with E-state index in [4.69, 9.17) is 0 Å². The maximum Gasteiger partial charge on any atom is 0.0244 e. The molecule has 1 fully saturated rings. The molecule has 1 aliphatic carbocycles. The van der Waals surface area contributed by atoms with Crippen LogP contribution in [0.3, 0.4) is 0 Å². The van der Waals surface area contributed by atoms with E-state index in [1.54, 1.807) is 0 Å². The predicted molar refractivity (Wildman–Crippen MR) is 45.0 cm³/mol. The van der Waals surface area contributed by atoms with E-state index < -0.39 is 0 Å². The normalized spacial score (nSPS) is 20.5. The summed E-state index contributed by atoms with van der Waals surface area (Å²) in [6, 6.07) is 0.542. The number of rotatable bonds is 5. The fraction of sp³-hybridized carbons (Fsp3) is 0.778. The van der Waals surface area contributed by atoms with Crippen molar-refractivity contribution in [3.63, 3.8) is 0 Å². The van der Waals surface area contributed by atoms with Crippen molar-refractivity contribution in [1.29, 1.82) is 0 Å². The van der Waals surface area contributed by atoms with Crippen LogP contribution in [0.5, 0.6) is 0 Å². The third kappa shape index (κ3) is 2.53. The Hall–Kier alpha value is -0.300. The van der Waals surface area contributed by atoms with Gasteiger partial charge in [0.1, 0.15) is 0 Å². The SMILES string of the molecule is C=CC(CCC1CC1)NC. The molecule has 0 saturated heterocycles. The van der Waals surface area contributed by atoms with Gasteiger partial charge in [-0.25, -0.2) is 0 Å². The Morgan fingerprint density at radius 3 is 2.80 bits per heavy atom. The molecule has 0 aliphatic heterocycles. The second kappa shape index (κ2) is 3.77. The van der Waals surface area contributed by atoms with Crippen LogP contribution in [0.1, 0.15) is 25.7 Å². The van der Waals surface area contributed by atoms with Crippen molar-refractivity contribution in [2.75, 3.05) is 7.05 Å². The Morgan fingerprint density at radius 2 is 2.40 bits per heavy atom. The Bertz CT molecular complexity index is 105. The molecule has 0 aromatic carbocycles. The van der Waals surface area contributed by atoms with Gasteiger partial charge in [-0.1, -0.05) is 18.9 Å². The van der Waals surface area contributed by atoms with Gasteiger partial charge in [0.05, 0.1) is 0 Å². The van der Waals surface area contributed by atoms with Gasteiger partial charge in [0.15, 0.2) is 0 Å². The Balaban J connectivity index is 2.02. The monoisotopic (exact) mass is 139 g/mol. The summed E-state index contributed by atoms with van der Waals surface area (Å²) in [5, 5.41) is 3.22. The summed E-state index contributed by atoms with van der Waals surface area (Å²) < 4.78 is 0. The van der Waals surface area contributed by atoms with Crippen LogP contribution >= 0.6 is 0 Å². The lowest BCUT2D eigenvalue weighted by Gasteiger charge is -2.09. The first-order chi connectivity index (χ1) is 4.86. The fourth-order valence-electron chi connectivity index (χ4n) is 1.20. The standard InChI is InChI=1S/C9H17N/c1-3-9(10-2)7-6-8-4-5-8/h3,8-10H,1,4-7H2,2H3. The van der Waals surface area contributed by atoms with Crippen molar-refractivity contribution in [3.05, 3.63) is 12.7 Å². The van der Waals surface area contributed by atoms with Gasteiger partial charge in [0.2, 0.25) is 0 Å². The van der Waals surface area contributed by atoms with Gasteiger partial charge in [0.25, 0.3) is 0 Å². The highest BCUT2D eigenvalue weighted by Gasteiger charge is 2.21. The number of hydrogen-bond acceptors (Lipinski definition) is 1. The molecule has 1 N–H and O–H groups in total. The Morgan fingerprint density at radius 1 is 1.70 bits per heavy atom. The largest absolute Gasteiger partial charge is 0.314 e. The zero-order chi connectivity index (χ0) is 7.40. The van der Waals surface area contributed by atoms with Crippen molar-refractivity contribution in [2.24, 2.45) is 5.92 Å². The topological polar surface area (TPSA) is 12.0 Å². The zero-order valence-corrected chi connectivity index (χ0v) is 6.77. The zero-order valence-electron chi connectivity index (χ0n) is 6.77. The van der Waals surface area contributed by atoms with Gasteiger partial charge in [-0.05, 0) is 25.8 Å². The maximum absolute atomic E-state index is 3.77. The summed E-state index contributed by atoms with van der Waals surface area (Å²) >= 11 is 0. The molecule has 0 amide bonds. The molecule has 0 aromatic rings. The van der Waals surface area contributed by atoms with Crippen LogP contribution in [-0.4, -0.2) is 13.1 Å². The average molecular weight is 139 g/mol. The number of hydrogen-bond donors (Lipinski definition) is 1. The molecule has 10 heavy (non-hydrogen) atoms. The summed E-state index contributed by atoms with van der Waals surface area (Å²) in [5.41, 5.74) is 0. The van der Waals surface area contributed by atoms with Crippen LogP contribution in [0.25, 0.3) is 0 Å². The molecular formula is C9H17N. The first-order valence-electron chi connectivity index (χ1n) is 4.16. The first kappa shape index (κ1) is 7.80. The minimum Gasteiger partial charge on any atom is -0.314 e. The lowest BCUT2D eigenvalue weighted by molar-refractivity contribution is 0.557. The van der Waals surface area contributed by atoms with E-state index in [0.29, 0.717) is 6.04 Å². The van der Waals surface area contributed by atoms with Crippen molar-refractivity contribution in [3.8, 4) is 0 Å². The molecule has 0 radical (unpaired) electrons. The second-order valence-corrected chi connectivity index (χ2v) is 3.15. The number of likely N-dealkylation sites (N-methyl/N-ethyl adjacent to an activating group) is 1. The van der Waals surface area contributed by atoms with Crippen LogP contribution in [0.4, 0.5) is 0 Å². The van der Waals surface area contributed by atoms with E-state index in [1.807, 2.05) is 13.1 Å². The van der Waals surface area contributed by atoms with Crippen LogP contribution < -0.4 is 5.32 Å². The fourth-order valence-corrected chi connectivity index (χ4v) is 1.20. The van der Waals surface area contributed by atoms with Gasteiger partial charge in [0, 0.05) is 6.04 Å². The van der Waals surface area contributed by atoms with E-state index in [-0.39, 0.29) is 0 Å². The number of nitrogens with one attached hydrogen (secondary N) is 1. The van der Waals surface area contributed by atoms with E-state index in [2.05, 4.69) is 11.9 Å². The first-order valence-corrected chi connectivity index (χ1v) is 4.16. The van der Waals surface area contributed by atoms with Gasteiger partial charge in [-0.2, -0.15) is 0 Å². The predicted octanol–water partition coefficient (Wildman–Crippen LogP) is 1.95. The second-order valence-electron chi connectivity index (χ2n) is 3.15.